The van der Waals surface area contributed by atoms with Gasteiger partial charge in [0.1, 0.15) is 0 Å². The molecule has 0 aliphatic rings. The topological polar surface area (TPSA) is 217 Å². The SMILES string of the molecule is CC(C)(CC(=O)O)C(C(=O)O)C(=O)O.COC(=O)C(C(=O)OC)(C(=O)OC)C(=O)OC. The van der Waals surface area contributed by atoms with Gasteiger partial charge in [0.25, 0.3) is 0 Å². The van der Waals surface area contributed by atoms with E-state index in [4.69, 9.17) is 15.3 Å². The minimum absolute atomic E-state index is 0.504. The van der Waals surface area contributed by atoms with Gasteiger partial charge in [0.05, 0.1) is 34.9 Å². The fraction of sp³-hybridized carbons (Fsp3) is 0.588. The van der Waals surface area contributed by atoms with Gasteiger partial charge in [-0.2, -0.15) is 0 Å². The summed E-state index contributed by atoms with van der Waals surface area (Å²) >= 11 is 0. The van der Waals surface area contributed by atoms with Gasteiger partial charge in [-0.05, 0) is 5.41 Å². The Balaban J connectivity index is 0. The molecule has 14 heteroatoms. The zero-order valence-electron chi connectivity index (χ0n) is 17.6. The molecule has 0 aromatic rings. The van der Waals surface area contributed by atoms with Crippen LogP contribution >= 0.6 is 0 Å². The third-order valence-electron chi connectivity index (χ3n) is 3.85. The van der Waals surface area contributed by atoms with E-state index < -0.39 is 65.0 Å². The Kier molecular flexibility index (Phi) is 11.5. The number of carboxylic acid groups (broad SMARTS) is 3. The first-order valence-corrected chi connectivity index (χ1v) is 8.12. The lowest BCUT2D eigenvalue weighted by atomic mass is 9.76. The summed E-state index contributed by atoms with van der Waals surface area (Å²) < 4.78 is 17.0. The zero-order chi connectivity index (χ0) is 25.2. The average Bonchev–Trinajstić information content (AvgIpc) is 2.65. The first-order valence-electron chi connectivity index (χ1n) is 8.12. The fourth-order valence-electron chi connectivity index (χ4n) is 2.38. The van der Waals surface area contributed by atoms with Gasteiger partial charge in [0.15, 0.2) is 5.92 Å². The van der Waals surface area contributed by atoms with Crippen LogP contribution in [-0.4, -0.2) is 85.5 Å². The van der Waals surface area contributed by atoms with Gasteiger partial charge in [-0.3, -0.25) is 14.4 Å². The molecule has 0 saturated carbocycles. The number of esters is 4. The van der Waals surface area contributed by atoms with E-state index in [0.29, 0.717) is 0 Å². The number of ether oxygens (including phenoxy) is 4. The Labute approximate surface area is 176 Å². The molecule has 0 unspecified atom stereocenters. The summed E-state index contributed by atoms with van der Waals surface area (Å²) in [6.07, 6.45) is -0.504. The number of hydrogen-bond acceptors (Lipinski definition) is 11. The van der Waals surface area contributed by atoms with Crippen molar-refractivity contribution in [3.63, 3.8) is 0 Å². The maximum absolute atomic E-state index is 11.5. The maximum Gasteiger partial charge on any atom is 0.355 e. The second kappa shape index (κ2) is 12.1. The highest BCUT2D eigenvalue weighted by Crippen LogP contribution is 2.31. The summed E-state index contributed by atoms with van der Waals surface area (Å²) in [7, 11) is 3.58. The molecule has 0 aliphatic carbocycles. The summed E-state index contributed by atoms with van der Waals surface area (Å²) in [4.78, 5) is 77.6. The summed E-state index contributed by atoms with van der Waals surface area (Å²) in [6.45, 7) is 2.60. The molecule has 0 aromatic heterocycles. The zero-order valence-corrected chi connectivity index (χ0v) is 17.6. The second-order valence-electron chi connectivity index (χ2n) is 6.38. The molecule has 0 rings (SSSR count). The molecule has 0 atom stereocenters. The first-order chi connectivity index (χ1) is 14.1. The molecule has 0 amide bonds. The van der Waals surface area contributed by atoms with Gasteiger partial charge in [-0.1, -0.05) is 13.8 Å². The van der Waals surface area contributed by atoms with E-state index in [1.54, 1.807) is 0 Å². The second-order valence-corrected chi connectivity index (χ2v) is 6.38. The van der Waals surface area contributed by atoms with Crippen molar-refractivity contribution < 1.29 is 67.8 Å². The quantitative estimate of drug-likeness (QED) is 0.216. The van der Waals surface area contributed by atoms with Gasteiger partial charge in [-0.15, -0.1) is 0 Å². The van der Waals surface area contributed by atoms with Crippen LogP contribution in [0.5, 0.6) is 0 Å². The molecule has 0 spiro atoms. The smallest absolute Gasteiger partial charge is 0.355 e. The van der Waals surface area contributed by atoms with Crippen molar-refractivity contribution >= 4 is 41.8 Å². The highest BCUT2D eigenvalue weighted by atomic mass is 16.6. The molecule has 0 saturated heterocycles. The van der Waals surface area contributed by atoms with Crippen LogP contribution in [0, 0.1) is 16.7 Å². The standard InChI is InChI=1S/C9H12O8.C8H12O6/c1-14-5(10)9(6(11)15-2,7(12)16-3)8(13)17-4;1-8(2,3-4(9)10)5(6(11)12)7(13)14/h1-4H3;5H,3H2,1-2H3,(H,9,10)(H,11,12)(H,13,14). The van der Waals surface area contributed by atoms with E-state index in [1.807, 2.05) is 0 Å². The molecule has 0 radical (unpaired) electrons. The van der Waals surface area contributed by atoms with Crippen LogP contribution in [0.3, 0.4) is 0 Å². The molecular weight excluding hydrogens is 428 g/mol. The van der Waals surface area contributed by atoms with Crippen molar-refractivity contribution in [1.82, 2.24) is 0 Å². The van der Waals surface area contributed by atoms with Gasteiger partial charge < -0.3 is 34.3 Å². The number of carbonyl (C=O) groups is 7. The number of carbonyl (C=O) groups excluding carboxylic acids is 4. The molecule has 3 N–H and O–H groups in total. The molecule has 14 nitrogen and oxygen atoms in total. The van der Waals surface area contributed by atoms with Crippen molar-refractivity contribution in [2.75, 3.05) is 28.4 Å². The molecule has 0 fully saturated rings. The molecule has 31 heavy (non-hydrogen) atoms. The lowest BCUT2D eigenvalue weighted by Crippen LogP contribution is -2.54. The van der Waals surface area contributed by atoms with Crippen molar-refractivity contribution in [2.24, 2.45) is 16.7 Å². The first kappa shape index (κ1) is 29.5. The Morgan fingerprint density at radius 1 is 0.645 bits per heavy atom. The minimum atomic E-state index is -2.91. The Morgan fingerprint density at radius 2 is 0.903 bits per heavy atom. The van der Waals surface area contributed by atoms with Crippen LogP contribution in [0.4, 0.5) is 0 Å². The number of aliphatic carboxylic acids is 3. The van der Waals surface area contributed by atoms with Gasteiger partial charge in [0.2, 0.25) is 0 Å². The van der Waals surface area contributed by atoms with Crippen LogP contribution in [0.25, 0.3) is 0 Å². The predicted molar refractivity (Wildman–Crippen MR) is 95.3 cm³/mol. The number of hydrogen-bond donors (Lipinski definition) is 3. The molecule has 0 aliphatic heterocycles. The van der Waals surface area contributed by atoms with Crippen LogP contribution < -0.4 is 0 Å². The van der Waals surface area contributed by atoms with E-state index in [9.17, 15) is 33.6 Å². The fourth-order valence-corrected chi connectivity index (χ4v) is 2.38. The molecule has 176 valence electrons. The number of methoxy groups -OCH3 is 4. The summed E-state index contributed by atoms with van der Waals surface area (Å²) in [5.41, 5.74) is -4.23. The Bertz CT molecular complexity index is 652. The predicted octanol–water partition coefficient (Wildman–Crippen LogP) is -1.06. The van der Waals surface area contributed by atoms with E-state index in [0.717, 1.165) is 28.4 Å². The highest BCUT2D eigenvalue weighted by molar-refractivity contribution is 6.32. The van der Waals surface area contributed by atoms with Gasteiger partial charge in [-0.25, -0.2) is 19.2 Å². The lowest BCUT2D eigenvalue weighted by Gasteiger charge is -2.26. The maximum atomic E-state index is 11.5. The minimum Gasteiger partial charge on any atom is -0.481 e. The van der Waals surface area contributed by atoms with E-state index >= 15 is 0 Å². The van der Waals surface area contributed by atoms with Gasteiger partial charge >= 0.3 is 47.2 Å². The number of carboxylic acids is 3. The molecular formula is C17H24O14. The van der Waals surface area contributed by atoms with Crippen molar-refractivity contribution in [2.45, 2.75) is 20.3 Å². The normalized spacial score (nSPS) is 10.7. The highest BCUT2D eigenvalue weighted by Gasteiger charge is 2.65. The van der Waals surface area contributed by atoms with Crippen LogP contribution in [0.1, 0.15) is 20.3 Å². The largest absolute Gasteiger partial charge is 0.481 e. The van der Waals surface area contributed by atoms with Crippen LogP contribution in [0.2, 0.25) is 0 Å². The average molecular weight is 452 g/mol. The summed E-state index contributed by atoms with van der Waals surface area (Å²) in [5, 5.41) is 25.7. The monoisotopic (exact) mass is 452 g/mol. The van der Waals surface area contributed by atoms with E-state index in [1.165, 1.54) is 13.8 Å². The molecule has 0 aromatic carbocycles. The van der Waals surface area contributed by atoms with E-state index in [2.05, 4.69) is 18.9 Å². The van der Waals surface area contributed by atoms with Crippen LogP contribution in [0.15, 0.2) is 0 Å². The third kappa shape index (κ3) is 6.94. The number of rotatable bonds is 9. The summed E-state index contributed by atoms with van der Waals surface area (Å²) in [6, 6.07) is 0. The van der Waals surface area contributed by atoms with Gasteiger partial charge in [0, 0.05) is 0 Å². The van der Waals surface area contributed by atoms with Crippen molar-refractivity contribution in [3.8, 4) is 0 Å². The Morgan fingerprint density at radius 3 is 1.06 bits per heavy atom. The Hall–Kier alpha value is -3.71. The third-order valence-corrected chi connectivity index (χ3v) is 3.85. The van der Waals surface area contributed by atoms with Crippen LogP contribution in [-0.2, 0) is 52.5 Å². The molecule has 0 bridgehead atoms. The molecule has 0 heterocycles. The van der Waals surface area contributed by atoms with E-state index in [-0.39, 0.29) is 0 Å². The lowest BCUT2D eigenvalue weighted by molar-refractivity contribution is -0.189. The summed E-state index contributed by atoms with van der Waals surface area (Å²) in [5.74, 6) is -11.7. The van der Waals surface area contributed by atoms with Crippen molar-refractivity contribution in [1.29, 1.82) is 0 Å². The van der Waals surface area contributed by atoms with Crippen molar-refractivity contribution in [3.05, 3.63) is 0 Å².